The van der Waals surface area contributed by atoms with Crippen molar-refractivity contribution in [1.82, 2.24) is 0 Å². The minimum Gasteiger partial charge on any atom is -0.445 e. The Balaban J connectivity index is 4.47. The maximum atomic E-state index is 11.0. The van der Waals surface area contributed by atoms with Gasteiger partial charge in [0.25, 0.3) is 0 Å². The summed E-state index contributed by atoms with van der Waals surface area (Å²) in [4.78, 5) is 11.0. The fourth-order valence-corrected chi connectivity index (χ4v) is 1.30. The summed E-state index contributed by atoms with van der Waals surface area (Å²) in [5.74, 6) is 9.86. The molecular weight excluding hydrogens is 252 g/mol. The Hall–Kier alpha value is -1.97. The van der Waals surface area contributed by atoms with E-state index in [1.807, 2.05) is 6.08 Å². The highest BCUT2D eigenvalue weighted by Gasteiger charge is 2.02. The van der Waals surface area contributed by atoms with Crippen LogP contribution in [0.4, 0.5) is 0 Å². The van der Waals surface area contributed by atoms with Crippen LogP contribution in [0.1, 0.15) is 39.5 Å². The van der Waals surface area contributed by atoms with Gasteiger partial charge in [-0.15, -0.1) is 0 Å². The summed E-state index contributed by atoms with van der Waals surface area (Å²) in [6.07, 6.45) is 7.95. The van der Waals surface area contributed by atoms with E-state index in [4.69, 9.17) is 9.84 Å². The molecule has 3 nitrogen and oxygen atoms in total. The zero-order valence-corrected chi connectivity index (χ0v) is 12.2. The highest BCUT2D eigenvalue weighted by Crippen LogP contribution is 2.02. The molecule has 0 saturated carbocycles. The van der Waals surface area contributed by atoms with Crippen LogP contribution in [-0.4, -0.2) is 23.3 Å². The topological polar surface area (TPSA) is 46.5 Å². The number of ether oxygens (including phenoxy) is 1. The summed E-state index contributed by atoms with van der Waals surface area (Å²) in [6, 6.07) is 0. The first-order valence-corrected chi connectivity index (χ1v) is 6.75. The highest BCUT2D eigenvalue weighted by atomic mass is 16.5. The van der Waals surface area contributed by atoms with Gasteiger partial charge in [-0.2, -0.15) is 0 Å². The normalized spacial score (nSPS) is 12.6. The summed E-state index contributed by atoms with van der Waals surface area (Å²) in [5.41, 5.74) is 0. The molecule has 0 aromatic rings. The van der Waals surface area contributed by atoms with Gasteiger partial charge in [-0.05, 0) is 36.7 Å². The van der Waals surface area contributed by atoms with Crippen LogP contribution in [0.25, 0.3) is 0 Å². The molecule has 0 amide bonds. The van der Waals surface area contributed by atoms with Gasteiger partial charge in [0.15, 0.2) is 6.10 Å². The lowest BCUT2D eigenvalue weighted by Gasteiger charge is -2.05. The van der Waals surface area contributed by atoms with Crippen LogP contribution in [0, 0.1) is 23.7 Å². The molecule has 0 aliphatic heterocycles. The third-order valence-electron chi connectivity index (χ3n) is 2.30. The van der Waals surface area contributed by atoms with E-state index in [1.165, 1.54) is 25.8 Å². The van der Waals surface area contributed by atoms with Gasteiger partial charge >= 0.3 is 5.97 Å². The molecule has 0 aromatic heterocycles. The van der Waals surface area contributed by atoms with Gasteiger partial charge in [0.2, 0.25) is 0 Å². The Morgan fingerprint density at radius 2 is 2.05 bits per heavy atom. The summed E-state index contributed by atoms with van der Waals surface area (Å²) in [7, 11) is 0. The third kappa shape index (κ3) is 11.1. The molecule has 0 unspecified atom stereocenters. The number of hydrogen-bond acceptors (Lipinski definition) is 3. The molecule has 3 heteroatoms. The Morgan fingerprint density at radius 1 is 1.35 bits per heavy atom. The molecule has 0 aliphatic rings. The smallest absolute Gasteiger partial charge is 0.304 e. The van der Waals surface area contributed by atoms with Crippen LogP contribution >= 0.6 is 0 Å². The second-order valence-electron chi connectivity index (χ2n) is 4.17. The summed E-state index contributed by atoms with van der Waals surface area (Å²) >= 11 is 0. The summed E-state index contributed by atoms with van der Waals surface area (Å²) in [5, 5.41) is 9.13. The average molecular weight is 274 g/mol. The Labute approximate surface area is 121 Å². The van der Waals surface area contributed by atoms with Crippen LogP contribution in [-0.2, 0) is 9.53 Å². The van der Waals surface area contributed by atoms with Crippen LogP contribution in [0.5, 0.6) is 0 Å². The van der Waals surface area contributed by atoms with E-state index in [-0.39, 0.29) is 5.97 Å². The number of carbonyl (C=O) groups is 1. The fourth-order valence-electron chi connectivity index (χ4n) is 1.30. The second-order valence-corrected chi connectivity index (χ2v) is 4.17. The van der Waals surface area contributed by atoms with Crippen LogP contribution in [0.2, 0.25) is 0 Å². The first-order chi connectivity index (χ1) is 9.60. The van der Waals surface area contributed by atoms with Gasteiger partial charge in [-0.3, -0.25) is 4.79 Å². The van der Waals surface area contributed by atoms with Crippen LogP contribution < -0.4 is 0 Å². The van der Waals surface area contributed by atoms with Crippen molar-refractivity contribution in [3.05, 3.63) is 24.8 Å². The predicted octanol–water partition coefficient (Wildman–Crippen LogP) is 2.61. The molecule has 0 rings (SSSR count). The molecule has 1 N–H and O–H groups in total. The van der Waals surface area contributed by atoms with Gasteiger partial charge in [0, 0.05) is 6.92 Å². The lowest BCUT2D eigenvalue weighted by Crippen LogP contribution is -2.11. The molecule has 0 bridgehead atoms. The molecule has 0 aliphatic carbocycles. The lowest BCUT2D eigenvalue weighted by atomic mass is 10.2. The van der Waals surface area contributed by atoms with E-state index in [0.717, 1.165) is 12.8 Å². The molecule has 2 atom stereocenters. The van der Waals surface area contributed by atoms with E-state index in [9.17, 15) is 4.79 Å². The van der Waals surface area contributed by atoms with E-state index >= 15 is 0 Å². The van der Waals surface area contributed by atoms with E-state index < -0.39 is 12.2 Å². The van der Waals surface area contributed by atoms with Crippen molar-refractivity contribution in [3.8, 4) is 23.7 Å². The maximum absolute atomic E-state index is 11.0. The monoisotopic (exact) mass is 274 g/mol. The van der Waals surface area contributed by atoms with Crippen LogP contribution in [0.15, 0.2) is 24.8 Å². The molecule has 0 aromatic carbocycles. The molecule has 0 spiro atoms. The van der Waals surface area contributed by atoms with Crippen molar-refractivity contribution in [2.45, 2.75) is 51.7 Å². The molecule has 0 saturated heterocycles. The zero-order chi connectivity index (χ0) is 15.2. The van der Waals surface area contributed by atoms with Crippen molar-refractivity contribution in [1.29, 1.82) is 0 Å². The third-order valence-corrected chi connectivity index (χ3v) is 2.30. The number of aliphatic hydroxyl groups excluding tert-OH is 1. The van der Waals surface area contributed by atoms with Gasteiger partial charge in [0.05, 0.1) is 0 Å². The second kappa shape index (κ2) is 12.1. The Kier molecular flexibility index (Phi) is 10.9. The first kappa shape index (κ1) is 18.0. The van der Waals surface area contributed by atoms with Crippen molar-refractivity contribution >= 4 is 5.97 Å². The van der Waals surface area contributed by atoms with Crippen molar-refractivity contribution < 1.29 is 14.6 Å². The molecule has 0 fully saturated rings. The minimum absolute atomic E-state index is 0.387. The zero-order valence-electron chi connectivity index (χ0n) is 12.2. The number of esters is 1. The lowest BCUT2D eigenvalue weighted by molar-refractivity contribution is -0.142. The van der Waals surface area contributed by atoms with Crippen molar-refractivity contribution in [2.75, 3.05) is 0 Å². The SMILES string of the molecule is C=C[C@H](O)C#CC#C[C@@H](/C=C/CCCCC)OC(C)=O. The summed E-state index contributed by atoms with van der Waals surface area (Å²) in [6.45, 7) is 6.88. The van der Waals surface area contributed by atoms with E-state index in [2.05, 4.69) is 37.2 Å². The summed E-state index contributed by atoms with van der Waals surface area (Å²) < 4.78 is 5.04. The standard InChI is InChI=1S/C17H22O3/c1-4-6-7-8-9-13-17(20-15(3)18)14-11-10-12-16(19)5-2/h5,9,13,16-17,19H,2,4,6-8H2,1,3H3/b13-9+/t16-,17+/m0/s1. The minimum atomic E-state index is -0.888. The molecule has 0 heterocycles. The predicted molar refractivity (Wildman–Crippen MR) is 80.6 cm³/mol. The van der Waals surface area contributed by atoms with Crippen molar-refractivity contribution in [3.63, 3.8) is 0 Å². The number of hydrogen-bond donors (Lipinski definition) is 1. The number of carbonyl (C=O) groups excluding carboxylic acids is 1. The van der Waals surface area contributed by atoms with E-state index in [0.29, 0.717) is 0 Å². The maximum Gasteiger partial charge on any atom is 0.304 e. The molecule has 20 heavy (non-hydrogen) atoms. The highest BCUT2D eigenvalue weighted by molar-refractivity contribution is 5.66. The molecule has 108 valence electrons. The van der Waals surface area contributed by atoms with Gasteiger partial charge in [0.1, 0.15) is 6.10 Å². The van der Waals surface area contributed by atoms with Crippen LogP contribution in [0.3, 0.4) is 0 Å². The molecule has 0 radical (unpaired) electrons. The first-order valence-electron chi connectivity index (χ1n) is 6.75. The van der Waals surface area contributed by atoms with Crippen molar-refractivity contribution in [2.24, 2.45) is 0 Å². The molecular formula is C17H22O3. The fraction of sp³-hybridized carbons (Fsp3) is 0.471. The number of unbranched alkanes of at least 4 members (excludes halogenated alkanes) is 3. The van der Waals surface area contributed by atoms with Gasteiger partial charge in [-0.1, -0.05) is 44.4 Å². The number of allylic oxidation sites excluding steroid dienone is 1. The van der Waals surface area contributed by atoms with Gasteiger partial charge in [-0.25, -0.2) is 0 Å². The van der Waals surface area contributed by atoms with Gasteiger partial charge < -0.3 is 9.84 Å². The number of aliphatic hydroxyl groups is 1. The quantitative estimate of drug-likeness (QED) is 0.336. The number of rotatable bonds is 7. The Morgan fingerprint density at radius 3 is 2.65 bits per heavy atom. The largest absolute Gasteiger partial charge is 0.445 e. The average Bonchev–Trinajstić information content (AvgIpc) is 2.42. The van der Waals surface area contributed by atoms with E-state index in [1.54, 1.807) is 6.08 Å². The Bertz CT molecular complexity index is 440.